The molecule has 9 heteroatoms. The van der Waals surface area contributed by atoms with Crippen molar-refractivity contribution in [1.29, 1.82) is 0 Å². The van der Waals surface area contributed by atoms with Crippen LogP contribution in [0.4, 0.5) is 0 Å². The first-order valence-electron chi connectivity index (χ1n) is 33.7. The Bertz CT molecular complexity index is 1780. The van der Waals surface area contributed by atoms with Crippen molar-refractivity contribution in [3.63, 3.8) is 0 Å². The van der Waals surface area contributed by atoms with Crippen LogP contribution < -0.4 is 0 Å². The lowest BCUT2D eigenvalue weighted by Crippen LogP contribution is -2.40. The molecule has 474 valence electrons. The molecule has 83 heavy (non-hydrogen) atoms. The molecule has 0 aromatic carbocycles. The van der Waals surface area contributed by atoms with Crippen LogP contribution in [0.2, 0.25) is 0 Å². The van der Waals surface area contributed by atoms with Crippen LogP contribution in [0.5, 0.6) is 0 Å². The Kier molecular flexibility index (Phi) is 60.4. The zero-order chi connectivity index (χ0) is 60.5. The van der Waals surface area contributed by atoms with E-state index in [0.717, 1.165) is 96.3 Å². The van der Waals surface area contributed by atoms with Crippen LogP contribution in [0.25, 0.3) is 0 Å². The number of hydrogen-bond acceptors (Lipinski definition) is 7. The Morgan fingerprint density at radius 3 is 1.02 bits per heavy atom. The van der Waals surface area contributed by atoms with Crippen LogP contribution in [0.1, 0.15) is 271 Å². The SMILES string of the molecule is CC/C=C\C/C=C\C/C=C\C/C=C\C/C=C\C/C=C\C/C=C\C/C=C\CCCCCCCCCCCCCCCCC(=O)OC(COC(=O)CCCCCCCCCCC/C=C\C/C=C\CCCCC)COC(OCC[N+](C)(C)C)C(=O)O. The fraction of sp³-hybridized carbons (Fsp3) is 0.689. The summed E-state index contributed by atoms with van der Waals surface area (Å²) in [5.74, 6) is -2.01. The van der Waals surface area contributed by atoms with E-state index in [-0.39, 0.29) is 32.2 Å². The summed E-state index contributed by atoms with van der Waals surface area (Å²) in [4.78, 5) is 37.5. The van der Waals surface area contributed by atoms with Gasteiger partial charge in [-0.1, -0.05) is 270 Å². The molecule has 2 atom stereocenters. The van der Waals surface area contributed by atoms with Gasteiger partial charge in [0.1, 0.15) is 13.2 Å². The maximum atomic E-state index is 12.9. The normalized spacial score (nSPS) is 13.5. The third-order valence-electron chi connectivity index (χ3n) is 14.2. The van der Waals surface area contributed by atoms with Crippen molar-refractivity contribution in [2.45, 2.75) is 283 Å². The lowest BCUT2D eigenvalue weighted by molar-refractivity contribution is -0.870. The van der Waals surface area contributed by atoms with Crippen LogP contribution in [0, 0.1) is 0 Å². The summed E-state index contributed by atoms with van der Waals surface area (Å²) >= 11 is 0. The van der Waals surface area contributed by atoms with Crippen LogP contribution in [-0.2, 0) is 33.3 Å². The van der Waals surface area contributed by atoms with Crippen LogP contribution in [0.15, 0.2) is 122 Å². The standard InChI is InChI=1S/C74H125NO8/c1-6-8-10-12-14-16-18-20-22-24-26-27-28-29-30-31-32-33-34-35-36-37-38-39-40-41-42-43-44-45-47-49-51-53-55-57-59-61-63-65-72(77)83-70(69-82-74(73(78)79)80-67-66-75(3,4)5)68-81-71(76)64-62-60-58-56-54-52-50-48-46-25-23-21-19-17-15-13-11-9-7-2/h8,10,14-17,20-23,26-27,29-30,32-33,35-36,38-39,70,74H,6-7,9,11-13,18-19,24-25,28,31,34,37,40-69H2,1-5H3/p+1/b10-8-,16-14-,17-15-,22-20-,23-21-,27-26-,30-29-,33-32-,36-35-,39-38-. The quantitative estimate of drug-likeness (QED) is 0.0211. The maximum Gasteiger partial charge on any atom is 0.361 e. The Hall–Kier alpha value is -4.31. The number of carboxylic acids is 1. The fourth-order valence-corrected chi connectivity index (χ4v) is 9.06. The number of likely N-dealkylation sites (N-methyl/N-ethyl adjacent to an activating group) is 1. The summed E-state index contributed by atoms with van der Waals surface area (Å²) in [6, 6.07) is 0. The predicted molar refractivity (Wildman–Crippen MR) is 354 cm³/mol. The van der Waals surface area contributed by atoms with Gasteiger partial charge < -0.3 is 28.5 Å². The fourth-order valence-electron chi connectivity index (χ4n) is 9.06. The number of carbonyl (C=O) groups excluding carboxylic acids is 2. The highest BCUT2D eigenvalue weighted by Crippen LogP contribution is 2.16. The molecule has 0 amide bonds. The minimum Gasteiger partial charge on any atom is -0.477 e. The van der Waals surface area contributed by atoms with Gasteiger partial charge in [0.2, 0.25) is 0 Å². The molecule has 0 aliphatic rings. The van der Waals surface area contributed by atoms with E-state index in [2.05, 4.69) is 135 Å². The largest absolute Gasteiger partial charge is 0.477 e. The first kappa shape index (κ1) is 78.7. The molecular formula is C74H126NO8+. The number of nitrogens with zero attached hydrogens (tertiary/aromatic N) is 1. The first-order chi connectivity index (χ1) is 40.6. The highest BCUT2D eigenvalue weighted by molar-refractivity contribution is 5.71. The van der Waals surface area contributed by atoms with Crippen molar-refractivity contribution in [3.8, 4) is 0 Å². The first-order valence-corrected chi connectivity index (χ1v) is 33.7. The molecule has 0 rings (SSSR count). The molecular weight excluding hydrogens is 1030 g/mol. The number of aliphatic carboxylic acids is 1. The molecule has 9 nitrogen and oxygen atoms in total. The lowest BCUT2D eigenvalue weighted by atomic mass is 10.0. The van der Waals surface area contributed by atoms with Gasteiger partial charge in [0.15, 0.2) is 6.10 Å². The van der Waals surface area contributed by atoms with E-state index in [4.69, 9.17) is 18.9 Å². The number of unbranched alkanes of at least 4 members (excludes halogenated alkanes) is 26. The molecule has 0 heterocycles. The van der Waals surface area contributed by atoms with Crippen LogP contribution in [0.3, 0.4) is 0 Å². The molecule has 0 aliphatic carbocycles. The van der Waals surface area contributed by atoms with Crippen molar-refractivity contribution < 1.29 is 42.9 Å². The van der Waals surface area contributed by atoms with E-state index in [1.54, 1.807) is 0 Å². The summed E-state index contributed by atoms with van der Waals surface area (Å²) in [7, 11) is 5.97. The van der Waals surface area contributed by atoms with E-state index in [0.29, 0.717) is 23.9 Å². The van der Waals surface area contributed by atoms with E-state index in [9.17, 15) is 19.5 Å². The number of quaternary nitrogens is 1. The minimum absolute atomic E-state index is 0.183. The molecule has 1 N–H and O–H groups in total. The smallest absolute Gasteiger partial charge is 0.361 e. The Labute approximate surface area is 510 Å². The third-order valence-corrected chi connectivity index (χ3v) is 14.2. The highest BCUT2D eigenvalue weighted by Gasteiger charge is 2.25. The molecule has 0 saturated heterocycles. The molecule has 0 aromatic rings. The number of esters is 2. The zero-order valence-electron chi connectivity index (χ0n) is 54.1. The summed E-state index contributed by atoms with van der Waals surface area (Å²) in [6.45, 7) is 4.74. The maximum absolute atomic E-state index is 12.9. The number of ether oxygens (including phenoxy) is 4. The molecule has 0 bridgehead atoms. The van der Waals surface area contributed by atoms with Gasteiger partial charge in [-0.05, 0) is 109 Å². The van der Waals surface area contributed by atoms with Crippen molar-refractivity contribution in [3.05, 3.63) is 122 Å². The number of rotatable bonds is 61. The highest BCUT2D eigenvalue weighted by atomic mass is 16.7. The van der Waals surface area contributed by atoms with E-state index in [1.807, 2.05) is 21.1 Å². The van der Waals surface area contributed by atoms with Gasteiger partial charge in [-0.2, -0.15) is 0 Å². The summed E-state index contributed by atoms with van der Waals surface area (Å²) in [5.41, 5.74) is 0. The molecule has 0 aromatic heterocycles. The monoisotopic (exact) mass is 1160 g/mol. The van der Waals surface area contributed by atoms with Gasteiger partial charge in [-0.3, -0.25) is 9.59 Å². The second-order valence-corrected chi connectivity index (χ2v) is 23.4. The topological polar surface area (TPSA) is 108 Å². The van der Waals surface area contributed by atoms with E-state index < -0.39 is 24.3 Å². The average molecular weight is 1160 g/mol. The van der Waals surface area contributed by atoms with Gasteiger partial charge in [0.05, 0.1) is 34.4 Å². The van der Waals surface area contributed by atoms with E-state index in [1.165, 1.54) is 141 Å². The number of hydrogen-bond donors (Lipinski definition) is 1. The Morgan fingerprint density at radius 2 is 0.687 bits per heavy atom. The Balaban J connectivity index is 4.11. The number of carboxylic acid groups (broad SMARTS) is 1. The van der Waals surface area contributed by atoms with Gasteiger partial charge in [-0.15, -0.1) is 0 Å². The second kappa shape index (κ2) is 63.7. The second-order valence-electron chi connectivity index (χ2n) is 23.4. The third kappa shape index (κ3) is 65.1. The minimum atomic E-state index is -1.52. The average Bonchev–Trinajstić information content (AvgIpc) is 3.46. The molecule has 2 unspecified atom stereocenters. The van der Waals surface area contributed by atoms with Crippen molar-refractivity contribution in [2.75, 3.05) is 47.5 Å². The molecule has 0 fully saturated rings. The van der Waals surface area contributed by atoms with Gasteiger partial charge in [0, 0.05) is 12.8 Å². The van der Waals surface area contributed by atoms with Gasteiger partial charge in [0.25, 0.3) is 6.29 Å². The van der Waals surface area contributed by atoms with Crippen molar-refractivity contribution >= 4 is 17.9 Å². The summed E-state index contributed by atoms with van der Waals surface area (Å²) in [5, 5.41) is 9.73. The summed E-state index contributed by atoms with van der Waals surface area (Å²) < 4.78 is 22.9. The van der Waals surface area contributed by atoms with E-state index >= 15 is 0 Å². The zero-order valence-corrected chi connectivity index (χ0v) is 54.1. The van der Waals surface area contributed by atoms with Gasteiger partial charge >= 0.3 is 17.9 Å². The van der Waals surface area contributed by atoms with Crippen molar-refractivity contribution in [1.82, 2.24) is 0 Å². The molecule has 0 saturated carbocycles. The number of carbonyl (C=O) groups is 3. The lowest BCUT2D eigenvalue weighted by Gasteiger charge is -2.25. The van der Waals surface area contributed by atoms with Crippen LogP contribution in [-0.4, -0.2) is 87.4 Å². The number of allylic oxidation sites excluding steroid dienone is 20. The molecule has 0 aliphatic heterocycles. The predicted octanol–water partition coefficient (Wildman–Crippen LogP) is 20.8. The summed E-state index contributed by atoms with van der Waals surface area (Å²) in [6.07, 6.45) is 87.3. The van der Waals surface area contributed by atoms with Gasteiger partial charge in [-0.25, -0.2) is 4.79 Å². The van der Waals surface area contributed by atoms with Crippen molar-refractivity contribution in [2.24, 2.45) is 0 Å². The Morgan fingerprint density at radius 1 is 0.373 bits per heavy atom. The molecule has 0 spiro atoms. The molecule has 0 radical (unpaired) electrons. The van der Waals surface area contributed by atoms with Crippen LogP contribution >= 0.6 is 0 Å².